The first-order chi connectivity index (χ1) is 13.9. The van der Waals surface area contributed by atoms with Crippen LogP contribution in [0.2, 0.25) is 0 Å². The lowest BCUT2D eigenvalue weighted by Gasteiger charge is -2.21. The Bertz CT molecular complexity index is 874. The van der Waals surface area contributed by atoms with Gasteiger partial charge < -0.3 is 25.3 Å². The number of rotatable bonds is 6. The molecule has 4 N–H and O–H groups in total. The smallest absolute Gasteiger partial charge is 0.328 e. The number of imidazole rings is 1. The minimum atomic E-state index is -1.26. The molecule has 0 spiro atoms. The number of anilines is 1. The molecule has 0 radical (unpaired) electrons. The van der Waals surface area contributed by atoms with Crippen molar-refractivity contribution in [2.24, 2.45) is 5.92 Å². The van der Waals surface area contributed by atoms with Crippen LogP contribution in [0, 0.1) is 5.92 Å². The summed E-state index contributed by atoms with van der Waals surface area (Å²) in [5, 5.41) is 18.6. The quantitative estimate of drug-likeness (QED) is 0.544. The lowest BCUT2D eigenvalue weighted by atomic mass is 9.89. The zero-order valence-electron chi connectivity index (χ0n) is 15.9. The van der Waals surface area contributed by atoms with Gasteiger partial charge in [0.05, 0.1) is 24.3 Å². The van der Waals surface area contributed by atoms with Crippen LogP contribution >= 0.6 is 0 Å². The Balaban J connectivity index is 0.000000321. The van der Waals surface area contributed by atoms with E-state index in [-0.39, 0.29) is 11.8 Å². The number of nitrogens with zero attached hydrogens (tertiary/aromatic N) is 1. The first kappa shape index (κ1) is 21.7. The number of aliphatic carboxylic acids is 2. The standard InChI is InChI=1S/C16H19N3O2.C4H4O4/c1-2-21-15-6-4-3-5-13(15)19-16(20)11-7-8-12-14(9-11)18-10-17-12;5-3(6)1-2-4(7)8/h3-6,10-11H,2,7-9H2,1H3,(H,17,18)(H,19,20);1-2H,(H,5,6)(H,7,8). The molecule has 1 heterocycles. The van der Waals surface area contributed by atoms with E-state index >= 15 is 0 Å². The van der Waals surface area contributed by atoms with Gasteiger partial charge in [-0.3, -0.25) is 4.79 Å². The van der Waals surface area contributed by atoms with Gasteiger partial charge in [0.15, 0.2) is 0 Å². The monoisotopic (exact) mass is 401 g/mol. The molecule has 0 bridgehead atoms. The van der Waals surface area contributed by atoms with Crippen LogP contribution in [0.15, 0.2) is 42.7 Å². The van der Waals surface area contributed by atoms with Gasteiger partial charge in [0.1, 0.15) is 5.75 Å². The first-order valence-corrected chi connectivity index (χ1v) is 9.08. The van der Waals surface area contributed by atoms with Crippen LogP contribution in [0.1, 0.15) is 24.7 Å². The lowest BCUT2D eigenvalue weighted by Crippen LogP contribution is -2.28. The van der Waals surface area contributed by atoms with Crippen molar-refractivity contribution in [1.29, 1.82) is 0 Å². The highest BCUT2D eigenvalue weighted by molar-refractivity contribution is 5.94. The van der Waals surface area contributed by atoms with Crippen LogP contribution in [0.4, 0.5) is 5.69 Å². The maximum atomic E-state index is 12.5. The van der Waals surface area contributed by atoms with E-state index in [1.165, 1.54) is 0 Å². The maximum absolute atomic E-state index is 12.5. The maximum Gasteiger partial charge on any atom is 0.328 e. The Hall–Kier alpha value is -3.62. The fourth-order valence-corrected chi connectivity index (χ4v) is 2.85. The van der Waals surface area contributed by atoms with Crippen LogP contribution < -0.4 is 10.1 Å². The van der Waals surface area contributed by atoms with Crippen molar-refractivity contribution in [3.8, 4) is 5.75 Å². The second-order valence-electron chi connectivity index (χ2n) is 6.20. The molecule has 0 saturated heterocycles. The summed E-state index contributed by atoms with van der Waals surface area (Å²) in [6.45, 7) is 2.51. The van der Waals surface area contributed by atoms with Crippen LogP contribution in [0.3, 0.4) is 0 Å². The van der Waals surface area contributed by atoms with Crippen molar-refractivity contribution < 1.29 is 29.3 Å². The van der Waals surface area contributed by atoms with Crippen LogP contribution in [0.5, 0.6) is 5.75 Å². The van der Waals surface area contributed by atoms with Gasteiger partial charge >= 0.3 is 11.9 Å². The molecule has 0 fully saturated rings. The van der Waals surface area contributed by atoms with E-state index in [4.69, 9.17) is 14.9 Å². The van der Waals surface area contributed by atoms with Crippen molar-refractivity contribution in [1.82, 2.24) is 9.97 Å². The van der Waals surface area contributed by atoms with E-state index in [1.54, 1.807) is 6.33 Å². The fourth-order valence-electron chi connectivity index (χ4n) is 2.85. The number of aromatic amines is 1. The summed E-state index contributed by atoms with van der Waals surface area (Å²) < 4.78 is 5.54. The van der Waals surface area contributed by atoms with E-state index in [1.807, 2.05) is 31.2 Å². The van der Waals surface area contributed by atoms with E-state index in [0.29, 0.717) is 24.5 Å². The number of hydrogen-bond acceptors (Lipinski definition) is 5. The highest BCUT2D eigenvalue weighted by Crippen LogP contribution is 2.27. The highest BCUT2D eigenvalue weighted by Gasteiger charge is 2.26. The normalized spacial score (nSPS) is 15.0. The molecular formula is C20H23N3O6. The van der Waals surface area contributed by atoms with Crippen LogP contribution in [-0.4, -0.2) is 44.6 Å². The van der Waals surface area contributed by atoms with Gasteiger partial charge in [0, 0.05) is 30.2 Å². The van der Waals surface area contributed by atoms with Crippen molar-refractivity contribution >= 4 is 23.5 Å². The molecule has 1 unspecified atom stereocenters. The number of nitrogens with one attached hydrogen (secondary N) is 2. The Morgan fingerprint density at radius 1 is 1.24 bits per heavy atom. The summed E-state index contributed by atoms with van der Waals surface area (Å²) in [6, 6.07) is 7.53. The first-order valence-electron chi connectivity index (χ1n) is 9.08. The summed E-state index contributed by atoms with van der Waals surface area (Å²) in [6.07, 6.45) is 5.22. The Labute approximate surface area is 167 Å². The molecule has 0 aliphatic heterocycles. The van der Waals surface area contributed by atoms with Gasteiger partial charge in [0.25, 0.3) is 0 Å². The third-order valence-electron chi connectivity index (χ3n) is 4.17. The van der Waals surface area contributed by atoms with Crippen molar-refractivity contribution in [2.75, 3.05) is 11.9 Å². The van der Waals surface area contributed by atoms with Crippen LogP contribution in [0.25, 0.3) is 0 Å². The van der Waals surface area contributed by atoms with Gasteiger partial charge in [0.2, 0.25) is 5.91 Å². The molecule has 1 aliphatic rings. The van der Waals surface area contributed by atoms with Crippen LogP contribution in [-0.2, 0) is 27.2 Å². The molecule has 2 aromatic rings. The van der Waals surface area contributed by atoms with E-state index in [0.717, 1.165) is 36.3 Å². The predicted molar refractivity (Wildman–Crippen MR) is 105 cm³/mol. The van der Waals surface area contributed by atoms with E-state index < -0.39 is 11.9 Å². The summed E-state index contributed by atoms with van der Waals surface area (Å²) >= 11 is 0. The van der Waals surface area contributed by atoms with Gasteiger partial charge in [-0.05, 0) is 31.9 Å². The number of amides is 1. The molecule has 29 heavy (non-hydrogen) atoms. The largest absolute Gasteiger partial charge is 0.492 e. The summed E-state index contributed by atoms with van der Waals surface area (Å²) in [5.41, 5.74) is 2.91. The molecule has 1 atom stereocenters. The second kappa shape index (κ2) is 10.6. The average molecular weight is 401 g/mol. The third kappa shape index (κ3) is 6.80. The molecule has 1 amide bonds. The summed E-state index contributed by atoms with van der Waals surface area (Å²) in [4.78, 5) is 38.9. The number of hydrogen-bond donors (Lipinski definition) is 4. The number of carbonyl (C=O) groups excluding carboxylic acids is 1. The number of ether oxygens (including phenoxy) is 1. The van der Waals surface area contributed by atoms with Crippen molar-refractivity contribution in [3.63, 3.8) is 0 Å². The minimum absolute atomic E-state index is 0.0207. The number of aryl methyl sites for hydroxylation is 1. The molecule has 0 saturated carbocycles. The molecule has 154 valence electrons. The zero-order valence-corrected chi connectivity index (χ0v) is 15.9. The number of carboxylic acid groups (broad SMARTS) is 2. The highest BCUT2D eigenvalue weighted by atomic mass is 16.5. The third-order valence-corrected chi connectivity index (χ3v) is 4.17. The summed E-state index contributed by atoms with van der Waals surface area (Å²) in [7, 11) is 0. The molecule has 9 heteroatoms. The molecular weight excluding hydrogens is 378 g/mol. The number of benzene rings is 1. The number of carboxylic acids is 2. The Morgan fingerprint density at radius 3 is 2.59 bits per heavy atom. The number of carbonyl (C=O) groups is 3. The SMILES string of the molecule is CCOc1ccccc1NC(=O)C1CCc2nc[nH]c2C1.O=C(O)C=CC(=O)O. The Morgan fingerprint density at radius 2 is 1.93 bits per heavy atom. The second-order valence-corrected chi connectivity index (χ2v) is 6.20. The van der Waals surface area contributed by atoms with Gasteiger partial charge in [-0.15, -0.1) is 0 Å². The predicted octanol–water partition coefficient (Wildman–Crippen LogP) is 2.26. The molecule has 1 aromatic carbocycles. The zero-order chi connectivity index (χ0) is 21.2. The van der Waals surface area contributed by atoms with E-state index in [2.05, 4.69) is 15.3 Å². The van der Waals surface area contributed by atoms with Crippen molar-refractivity contribution in [2.45, 2.75) is 26.2 Å². The number of aromatic nitrogens is 2. The van der Waals surface area contributed by atoms with Crippen molar-refractivity contribution in [3.05, 3.63) is 54.1 Å². The topological polar surface area (TPSA) is 142 Å². The Kier molecular flexibility index (Phi) is 7.96. The minimum Gasteiger partial charge on any atom is -0.492 e. The molecule has 1 aliphatic carbocycles. The van der Waals surface area contributed by atoms with Gasteiger partial charge in [-0.1, -0.05) is 12.1 Å². The average Bonchev–Trinajstić information content (AvgIpc) is 3.16. The summed E-state index contributed by atoms with van der Waals surface area (Å²) in [5.74, 6) is -1.78. The fraction of sp³-hybridized carbons (Fsp3) is 0.300. The van der Waals surface area contributed by atoms with E-state index in [9.17, 15) is 14.4 Å². The van der Waals surface area contributed by atoms with Gasteiger partial charge in [-0.2, -0.15) is 0 Å². The lowest BCUT2D eigenvalue weighted by molar-refractivity contribution is -0.134. The molecule has 9 nitrogen and oxygen atoms in total. The number of para-hydroxylation sites is 2. The molecule has 3 rings (SSSR count). The number of fused-ring (bicyclic) bond motifs is 1. The molecule has 1 aromatic heterocycles. The van der Waals surface area contributed by atoms with Gasteiger partial charge in [-0.25, -0.2) is 14.6 Å². The number of H-pyrrole nitrogens is 1.